The van der Waals surface area contributed by atoms with Crippen LogP contribution < -0.4 is 10.1 Å². The Balaban J connectivity index is 1.46. The Hall–Kier alpha value is -4.32. The highest BCUT2D eigenvalue weighted by Gasteiger charge is 2.33. The van der Waals surface area contributed by atoms with Crippen molar-refractivity contribution >= 4 is 11.6 Å². The molecule has 1 aromatic heterocycles. The van der Waals surface area contributed by atoms with E-state index in [2.05, 4.69) is 50.8 Å². The highest BCUT2D eigenvalue weighted by Crippen LogP contribution is 2.33. The van der Waals surface area contributed by atoms with E-state index in [1.165, 1.54) is 6.07 Å². The van der Waals surface area contributed by atoms with Gasteiger partial charge in [0.1, 0.15) is 17.3 Å². The standard InChI is InChI=1S/C30H31F3N6O2/c1-21(2)39-14-12-38(13-15-39)11-4-16-41-26-9-8-24(29-35-20-27(37-29)30(31,32)33)18-25(26)36-28(40)10-7-22-5-3-6-23(17-22)19-34/h3,5-6,8-9,17-18,20-21H,4,11-16H2,1-2H3,(H,35,37)(H,36,40). The van der Waals surface area contributed by atoms with Crippen molar-refractivity contribution in [3.8, 4) is 35.0 Å². The van der Waals surface area contributed by atoms with Crippen molar-refractivity contribution in [1.82, 2.24) is 19.8 Å². The molecule has 0 atom stereocenters. The third-order valence-electron chi connectivity index (χ3n) is 6.71. The third kappa shape index (κ3) is 8.34. The molecule has 0 radical (unpaired) electrons. The summed E-state index contributed by atoms with van der Waals surface area (Å²) in [4.78, 5) is 23.7. The molecule has 1 fully saturated rings. The summed E-state index contributed by atoms with van der Waals surface area (Å²) < 4.78 is 45.2. The van der Waals surface area contributed by atoms with Crippen molar-refractivity contribution in [3.63, 3.8) is 0 Å². The number of halogens is 3. The van der Waals surface area contributed by atoms with Crippen LogP contribution in [-0.4, -0.2) is 71.0 Å². The molecule has 3 aromatic rings. The average Bonchev–Trinajstić information content (AvgIpc) is 3.47. The molecule has 0 saturated carbocycles. The Labute approximate surface area is 237 Å². The molecule has 1 aliphatic heterocycles. The fourth-order valence-corrected chi connectivity index (χ4v) is 4.44. The number of carbonyl (C=O) groups excluding carboxylic acids is 1. The fraction of sp³-hybridized carbons (Fsp3) is 0.367. The molecule has 8 nitrogen and oxygen atoms in total. The molecule has 1 amide bonds. The number of imidazole rings is 1. The van der Waals surface area contributed by atoms with Gasteiger partial charge in [-0.3, -0.25) is 9.69 Å². The van der Waals surface area contributed by atoms with E-state index >= 15 is 0 Å². The zero-order valence-corrected chi connectivity index (χ0v) is 22.9. The van der Waals surface area contributed by atoms with E-state index in [4.69, 9.17) is 10.00 Å². The van der Waals surface area contributed by atoms with Crippen LogP contribution in [0.3, 0.4) is 0 Å². The van der Waals surface area contributed by atoms with E-state index in [1.54, 1.807) is 36.4 Å². The second-order valence-corrected chi connectivity index (χ2v) is 9.92. The van der Waals surface area contributed by atoms with Gasteiger partial charge in [-0.25, -0.2) is 4.98 Å². The van der Waals surface area contributed by atoms with Crippen LogP contribution in [0, 0.1) is 23.2 Å². The lowest BCUT2D eigenvalue weighted by Gasteiger charge is -2.36. The Morgan fingerprint density at radius 3 is 2.59 bits per heavy atom. The lowest BCUT2D eigenvalue weighted by Crippen LogP contribution is -2.49. The van der Waals surface area contributed by atoms with Crippen molar-refractivity contribution in [2.45, 2.75) is 32.5 Å². The number of aromatic nitrogens is 2. The van der Waals surface area contributed by atoms with Crippen LogP contribution in [0.15, 0.2) is 48.7 Å². The van der Waals surface area contributed by atoms with Crippen molar-refractivity contribution in [2.24, 2.45) is 0 Å². The number of aromatic amines is 1. The molecule has 0 unspecified atom stereocenters. The van der Waals surface area contributed by atoms with Crippen LogP contribution >= 0.6 is 0 Å². The highest BCUT2D eigenvalue weighted by molar-refractivity contribution is 6.05. The van der Waals surface area contributed by atoms with Crippen molar-refractivity contribution in [1.29, 1.82) is 5.26 Å². The number of nitrogens with one attached hydrogen (secondary N) is 2. The number of anilines is 1. The van der Waals surface area contributed by atoms with Gasteiger partial charge >= 0.3 is 12.1 Å². The van der Waals surface area contributed by atoms with E-state index in [9.17, 15) is 18.0 Å². The summed E-state index contributed by atoms with van der Waals surface area (Å²) in [5.41, 5.74) is 0.523. The SMILES string of the molecule is CC(C)N1CCN(CCCOc2ccc(-c3ncc(C(F)(F)F)[nH]3)cc2NC(=O)C#Cc2cccc(C#N)c2)CC1. The fourth-order valence-electron chi connectivity index (χ4n) is 4.44. The summed E-state index contributed by atoms with van der Waals surface area (Å²) in [5, 5.41) is 11.7. The highest BCUT2D eigenvalue weighted by atomic mass is 19.4. The Kier molecular flexibility index (Phi) is 9.66. The molecule has 2 aromatic carbocycles. The predicted octanol–water partition coefficient (Wildman–Crippen LogP) is 4.75. The number of hydrogen-bond acceptors (Lipinski definition) is 6. The average molecular weight is 565 g/mol. The number of carbonyl (C=O) groups is 1. The van der Waals surface area contributed by atoms with Gasteiger partial charge in [0.15, 0.2) is 0 Å². The van der Waals surface area contributed by atoms with E-state index in [-0.39, 0.29) is 11.5 Å². The number of hydrogen-bond donors (Lipinski definition) is 2. The molecule has 0 bridgehead atoms. The zero-order valence-electron chi connectivity index (χ0n) is 22.9. The molecule has 4 rings (SSSR count). The molecule has 2 N–H and O–H groups in total. The lowest BCUT2D eigenvalue weighted by molar-refractivity contribution is -0.140. The minimum atomic E-state index is -4.56. The Morgan fingerprint density at radius 1 is 1.15 bits per heavy atom. The minimum Gasteiger partial charge on any atom is -0.491 e. The van der Waals surface area contributed by atoms with E-state index in [1.807, 2.05) is 6.07 Å². The van der Waals surface area contributed by atoms with Crippen molar-refractivity contribution in [3.05, 3.63) is 65.5 Å². The first-order valence-corrected chi connectivity index (χ1v) is 13.3. The quantitative estimate of drug-likeness (QED) is 0.303. The second-order valence-electron chi connectivity index (χ2n) is 9.92. The molecule has 0 spiro atoms. The number of amides is 1. The monoisotopic (exact) mass is 564 g/mol. The van der Waals surface area contributed by atoms with Crippen LogP contribution in [0.1, 0.15) is 37.1 Å². The van der Waals surface area contributed by atoms with Gasteiger partial charge in [0.05, 0.1) is 30.1 Å². The van der Waals surface area contributed by atoms with Gasteiger partial charge in [-0.15, -0.1) is 0 Å². The summed E-state index contributed by atoms with van der Waals surface area (Å²) in [7, 11) is 0. The van der Waals surface area contributed by atoms with Gasteiger partial charge in [0.2, 0.25) is 0 Å². The van der Waals surface area contributed by atoms with Gasteiger partial charge in [-0.1, -0.05) is 12.0 Å². The van der Waals surface area contributed by atoms with Crippen molar-refractivity contribution in [2.75, 3.05) is 44.6 Å². The zero-order chi connectivity index (χ0) is 29.4. The number of H-pyrrole nitrogens is 1. The first kappa shape index (κ1) is 29.7. The molecule has 11 heteroatoms. The van der Waals surface area contributed by atoms with Gasteiger partial charge in [0.25, 0.3) is 0 Å². The van der Waals surface area contributed by atoms with Crippen LogP contribution in [0.4, 0.5) is 18.9 Å². The molecule has 214 valence electrons. The first-order valence-electron chi connectivity index (χ1n) is 13.3. The van der Waals surface area contributed by atoms with Gasteiger partial charge in [-0.05, 0) is 56.7 Å². The maximum absolute atomic E-state index is 13.1. The van der Waals surface area contributed by atoms with Crippen LogP contribution in [0.5, 0.6) is 5.75 Å². The third-order valence-corrected chi connectivity index (χ3v) is 6.71. The topological polar surface area (TPSA) is 97.3 Å². The van der Waals surface area contributed by atoms with E-state index in [0.29, 0.717) is 35.1 Å². The largest absolute Gasteiger partial charge is 0.491 e. The van der Waals surface area contributed by atoms with Crippen LogP contribution in [0.25, 0.3) is 11.4 Å². The molecule has 2 heterocycles. The summed E-state index contributed by atoms with van der Waals surface area (Å²) in [6, 6.07) is 13.7. The van der Waals surface area contributed by atoms with Gasteiger partial charge in [-0.2, -0.15) is 18.4 Å². The minimum absolute atomic E-state index is 0.000633. The smallest absolute Gasteiger partial charge is 0.432 e. The number of alkyl halides is 3. The summed E-state index contributed by atoms with van der Waals surface area (Å²) >= 11 is 0. The summed E-state index contributed by atoms with van der Waals surface area (Å²) in [6.45, 7) is 9.69. The summed E-state index contributed by atoms with van der Waals surface area (Å²) in [5.74, 6) is 4.92. The van der Waals surface area contributed by atoms with Crippen LogP contribution in [-0.2, 0) is 11.0 Å². The van der Waals surface area contributed by atoms with E-state index in [0.717, 1.165) is 45.3 Å². The normalized spacial score (nSPS) is 14.3. The number of nitriles is 1. The van der Waals surface area contributed by atoms with E-state index < -0.39 is 17.8 Å². The Bertz CT molecular complexity index is 1460. The predicted molar refractivity (Wildman–Crippen MR) is 149 cm³/mol. The molecular formula is C30H31F3N6O2. The molecule has 1 aliphatic rings. The number of piperazine rings is 1. The summed E-state index contributed by atoms with van der Waals surface area (Å²) in [6.07, 6.45) is -3.08. The van der Waals surface area contributed by atoms with Gasteiger partial charge < -0.3 is 19.9 Å². The van der Waals surface area contributed by atoms with Crippen molar-refractivity contribution < 1.29 is 22.7 Å². The number of rotatable bonds is 8. The maximum atomic E-state index is 13.1. The maximum Gasteiger partial charge on any atom is 0.432 e. The number of benzene rings is 2. The molecule has 0 aliphatic carbocycles. The first-order chi connectivity index (χ1) is 19.6. The Morgan fingerprint density at radius 2 is 1.90 bits per heavy atom. The number of ether oxygens (including phenoxy) is 1. The molecule has 1 saturated heterocycles. The second kappa shape index (κ2) is 13.4. The molecule has 41 heavy (non-hydrogen) atoms. The van der Waals surface area contributed by atoms with Crippen LogP contribution in [0.2, 0.25) is 0 Å². The number of nitrogens with zero attached hydrogens (tertiary/aromatic N) is 4. The molecular weight excluding hydrogens is 533 g/mol. The van der Waals surface area contributed by atoms with Gasteiger partial charge in [0, 0.05) is 55.8 Å². The lowest BCUT2D eigenvalue weighted by atomic mass is 10.1.